The van der Waals surface area contributed by atoms with E-state index in [1.165, 1.54) is 28.9 Å². The number of amides is 1. The van der Waals surface area contributed by atoms with Gasteiger partial charge in [-0.1, -0.05) is 12.1 Å². The van der Waals surface area contributed by atoms with Gasteiger partial charge in [-0.05, 0) is 37.3 Å². The Morgan fingerprint density at radius 1 is 1.15 bits per heavy atom. The van der Waals surface area contributed by atoms with Crippen LogP contribution in [0.15, 0.2) is 59.4 Å². The van der Waals surface area contributed by atoms with Crippen LogP contribution in [0.5, 0.6) is 0 Å². The van der Waals surface area contributed by atoms with Gasteiger partial charge in [0.25, 0.3) is 17.2 Å². The van der Waals surface area contributed by atoms with Crippen molar-refractivity contribution in [2.45, 2.75) is 6.92 Å². The summed E-state index contributed by atoms with van der Waals surface area (Å²) in [5.41, 5.74) is 2.37. The van der Waals surface area contributed by atoms with Gasteiger partial charge in [0.05, 0.1) is 10.6 Å². The van der Waals surface area contributed by atoms with E-state index >= 15 is 0 Å². The summed E-state index contributed by atoms with van der Waals surface area (Å²) >= 11 is 0. The fourth-order valence-electron chi connectivity index (χ4n) is 2.62. The fourth-order valence-corrected chi connectivity index (χ4v) is 2.62. The molecule has 0 spiro atoms. The molecule has 136 valence electrons. The standard InChI is InChI=1S/C19H16N4O4/c1-12-10-14(6-8-17(12)23(26)27)19(25)20-15-5-3-4-13(11-15)16-7-9-18(24)22(2)21-16/h3-11H,1-2H3,(H,20,25). The number of nitro groups is 1. The molecule has 0 aliphatic rings. The summed E-state index contributed by atoms with van der Waals surface area (Å²) < 4.78 is 1.24. The Kier molecular flexibility index (Phi) is 4.80. The Labute approximate surface area is 154 Å². The van der Waals surface area contributed by atoms with E-state index in [1.807, 2.05) is 6.07 Å². The number of hydrogen-bond donors (Lipinski definition) is 1. The molecule has 0 saturated heterocycles. The lowest BCUT2D eigenvalue weighted by molar-refractivity contribution is -0.385. The monoisotopic (exact) mass is 364 g/mol. The Hall–Kier alpha value is -3.81. The molecule has 1 N–H and O–H groups in total. The van der Waals surface area contributed by atoms with E-state index < -0.39 is 4.92 Å². The second-order valence-corrected chi connectivity index (χ2v) is 5.97. The van der Waals surface area contributed by atoms with E-state index in [2.05, 4.69) is 10.4 Å². The van der Waals surface area contributed by atoms with Crippen molar-refractivity contribution < 1.29 is 9.72 Å². The highest BCUT2D eigenvalue weighted by atomic mass is 16.6. The number of benzene rings is 2. The van der Waals surface area contributed by atoms with Crippen molar-refractivity contribution in [2.75, 3.05) is 5.32 Å². The number of rotatable bonds is 4. The third-order valence-corrected chi connectivity index (χ3v) is 4.03. The van der Waals surface area contributed by atoms with Crippen LogP contribution in [0, 0.1) is 17.0 Å². The van der Waals surface area contributed by atoms with Gasteiger partial charge in [-0.15, -0.1) is 0 Å². The lowest BCUT2D eigenvalue weighted by atomic mass is 10.1. The number of hydrogen-bond acceptors (Lipinski definition) is 5. The maximum absolute atomic E-state index is 12.5. The predicted octanol–water partition coefficient (Wildman–Crippen LogP) is 2.92. The minimum atomic E-state index is -0.485. The molecule has 1 heterocycles. The molecule has 1 amide bonds. The highest BCUT2D eigenvalue weighted by Crippen LogP contribution is 2.22. The Morgan fingerprint density at radius 2 is 1.93 bits per heavy atom. The first kappa shape index (κ1) is 18.0. The lowest BCUT2D eigenvalue weighted by Crippen LogP contribution is -2.18. The van der Waals surface area contributed by atoms with Crippen molar-refractivity contribution in [3.05, 3.63) is 86.2 Å². The quantitative estimate of drug-likeness (QED) is 0.566. The molecule has 1 aromatic heterocycles. The maximum atomic E-state index is 12.5. The topological polar surface area (TPSA) is 107 Å². The van der Waals surface area contributed by atoms with Crippen LogP contribution in [0.3, 0.4) is 0 Å². The van der Waals surface area contributed by atoms with Crippen LogP contribution >= 0.6 is 0 Å². The number of carbonyl (C=O) groups excluding carboxylic acids is 1. The first-order valence-corrected chi connectivity index (χ1v) is 8.06. The molecular formula is C19H16N4O4. The summed E-state index contributed by atoms with van der Waals surface area (Å²) in [6, 6.07) is 14.3. The number of nitrogens with zero attached hydrogens (tertiary/aromatic N) is 3. The van der Waals surface area contributed by atoms with Gasteiger partial charge in [-0.3, -0.25) is 19.7 Å². The maximum Gasteiger partial charge on any atom is 0.272 e. The molecular weight excluding hydrogens is 348 g/mol. The smallest absolute Gasteiger partial charge is 0.272 e. The van der Waals surface area contributed by atoms with Gasteiger partial charge in [0.15, 0.2) is 0 Å². The average molecular weight is 364 g/mol. The van der Waals surface area contributed by atoms with Crippen LogP contribution in [0.25, 0.3) is 11.3 Å². The lowest BCUT2D eigenvalue weighted by Gasteiger charge is -2.08. The van der Waals surface area contributed by atoms with Crippen molar-refractivity contribution in [3.8, 4) is 11.3 Å². The molecule has 3 aromatic rings. The SMILES string of the molecule is Cc1cc(C(=O)Nc2cccc(-c3ccc(=O)n(C)n3)c2)ccc1[N+](=O)[O-]. The number of carbonyl (C=O) groups is 1. The zero-order chi connectivity index (χ0) is 19.6. The summed E-state index contributed by atoms with van der Waals surface area (Å²) in [5.74, 6) is -0.376. The molecule has 0 radical (unpaired) electrons. The molecule has 0 saturated carbocycles. The molecule has 2 aromatic carbocycles. The Balaban J connectivity index is 1.84. The van der Waals surface area contributed by atoms with Crippen LogP contribution < -0.4 is 10.9 Å². The highest BCUT2D eigenvalue weighted by Gasteiger charge is 2.14. The van der Waals surface area contributed by atoms with Gasteiger partial charge < -0.3 is 5.32 Å². The summed E-state index contributed by atoms with van der Waals surface area (Å²) in [6.07, 6.45) is 0. The molecule has 8 heteroatoms. The minimum absolute atomic E-state index is 0.0330. The van der Waals surface area contributed by atoms with Crippen molar-refractivity contribution >= 4 is 17.3 Å². The van der Waals surface area contributed by atoms with E-state index in [4.69, 9.17) is 0 Å². The van der Waals surface area contributed by atoms with E-state index in [1.54, 1.807) is 38.2 Å². The summed E-state index contributed by atoms with van der Waals surface area (Å²) in [5, 5.41) is 17.8. The number of nitrogens with one attached hydrogen (secondary N) is 1. The summed E-state index contributed by atoms with van der Waals surface area (Å²) in [7, 11) is 1.56. The number of aryl methyl sites for hydroxylation is 2. The number of nitro benzene ring substituents is 1. The van der Waals surface area contributed by atoms with Gasteiger partial charge in [-0.2, -0.15) is 5.10 Å². The zero-order valence-electron chi connectivity index (χ0n) is 14.7. The van der Waals surface area contributed by atoms with Crippen molar-refractivity contribution in [2.24, 2.45) is 7.05 Å². The van der Waals surface area contributed by atoms with Gasteiger partial charge in [0.2, 0.25) is 0 Å². The van der Waals surface area contributed by atoms with E-state index in [0.29, 0.717) is 22.5 Å². The van der Waals surface area contributed by atoms with Crippen molar-refractivity contribution in [1.82, 2.24) is 9.78 Å². The molecule has 0 aliphatic heterocycles. The second kappa shape index (κ2) is 7.20. The van der Waals surface area contributed by atoms with E-state index in [0.717, 1.165) is 5.56 Å². The molecule has 0 unspecified atom stereocenters. The molecule has 0 fully saturated rings. The highest BCUT2D eigenvalue weighted by molar-refractivity contribution is 6.04. The van der Waals surface area contributed by atoms with E-state index in [-0.39, 0.29) is 17.2 Å². The van der Waals surface area contributed by atoms with Crippen LogP contribution in [-0.2, 0) is 7.05 Å². The molecule has 0 bridgehead atoms. The normalized spacial score (nSPS) is 10.4. The average Bonchev–Trinajstić information content (AvgIpc) is 2.63. The predicted molar refractivity (Wildman–Crippen MR) is 101 cm³/mol. The number of anilines is 1. The molecule has 8 nitrogen and oxygen atoms in total. The van der Waals surface area contributed by atoms with Gasteiger partial charge in [-0.25, -0.2) is 4.68 Å². The minimum Gasteiger partial charge on any atom is -0.322 e. The Morgan fingerprint density at radius 3 is 2.59 bits per heavy atom. The Bertz CT molecular complexity index is 1100. The van der Waals surface area contributed by atoms with Gasteiger partial charge in [0.1, 0.15) is 0 Å². The molecule has 0 atom stereocenters. The van der Waals surface area contributed by atoms with Crippen LogP contribution in [-0.4, -0.2) is 20.6 Å². The van der Waals surface area contributed by atoms with E-state index in [9.17, 15) is 19.7 Å². The van der Waals surface area contributed by atoms with Crippen LogP contribution in [0.4, 0.5) is 11.4 Å². The van der Waals surface area contributed by atoms with Crippen LogP contribution in [0.1, 0.15) is 15.9 Å². The fraction of sp³-hybridized carbons (Fsp3) is 0.105. The van der Waals surface area contributed by atoms with Gasteiger partial charge >= 0.3 is 0 Å². The second-order valence-electron chi connectivity index (χ2n) is 5.97. The molecule has 27 heavy (non-hydrogen) atoms. The number of aromatic nitrogens is 2. The first-order chi connectivity index (χ1) is 12.8. The largest absolute Gasteiger partial charge is 0.322 e. The molecule has 3 rings (SSSR count). The van der Waals surface area contributed by atoms with Gasteiger partial charge in [0, 0.05) is 41.6 Å². The first-order valence-electron chi connectivity index (χ1n) is 8.06. The third kappa shape index (κ3) is 3.90. The summed E-state index contributed by atoms with van der Waals surface area (Å²) in [4.78, 5) is 34.3. The molecule has 0 aliphatic carbocycles. The van der Waals surface area contributed by atoms with Crippen molar-refractivity contribution in [3.63, 3.8) is 0 Å². The van der Waals surface area contributed by atoms with Crippen molar-refractivity contribution in [1.29, 1.82) is 0 Å². The van der Waals surface area contributed by atoms with Crippen LogP contribution in [0.2, 0.25) is 0 Å². The third-order valence-electron chi connectivity index (χ3n) is 4.03. The summed E-state index contributed by atoms with van der Waals surface area (Å²) in [6.45, 7) is 1.58. The zero-order valence-corrected chi connectivity index (χ0v) is 14.7.